The van der Waals surface area contributed by atoms with Gasteiger partial charge in [0, 0.05) is 18.2 Å². The highest BCUT2D eigenvalue weighted by Crippen LogP contribution is 2.24. The highest BCUT2D eigenvalue weighted by atomic mass is 79.9. The molecule has 1 rings (SSSR count). The van der Waals surface area contributed by atoms with Gasteiger partial charge in [0.05, 0.1) is 4.47 Å². The van der Waals surface area contributed by atoms with E-state index in [9.17, 15) is 9.90 Å². The Labute approximate surface area is 102 Å². The summed E-state index contributed by atoms with van der Waals surface area (Å²) in [4.78, 5) is 11.7. The number of aliphatic hydroxyl groups is 1. The zero-order valence-corrected chi connectivity index (χ0v) is 10.5. The third-order valence-corrected chi connectivity index (χ3v) is 2.82. The number of carbonyl (C=O) groups excluding carboxylic acids is 1. The van der Waals surface area contributed by atoms with E-state index in [4.69, 9.17) is 5.11 Å². The zero-order chi connectivity index (χ0) is 12.1. The predicted octanol–water partition coefficient (Wildman–Crippen LogP) is 1.66. The molecule has 0 radical (unpaired) electrons. The number of aliphatic hydroxyl groups excluding tert-OH is 1. The molecule has 1 aromatic rings. The second-order valence-electron chi connectivity index (χ2n) is 3.55. The fourth-order valence-electron chi connectivity index (χ4n) is 1.23. The zero-order valence-electron chi connectivity index (χ0n) is 8.90. The number of halogens is 1. The SMILES string of the molecule is CC(CCO)NC(=O)c1ccc(Br)c(O)c1. The minimum Gasteiger partial charge on any atom is -0.507 e. The van der Waals surface area contributed by atoms with Crippen molar-refractivity contribution in [1.82, 2.24) is 5.32 Å². The summed E-state index contributed by atoms with van der Waals surface area (Å²) in [5.74, 6) is -0.230. The number of aromatic hydroxyl groups is 1. The Morgan fingerprint density at radius 3 is 2.81 bits per heavy atom. The molecule has 0 bridgehead atoms. The Hall–Kier alpha value is -1.07. The number of amides is 1. The topological polar surface area (TPSA) is 69.6 Å². The standard InChI is InChI=1S/C11H14BrNO3/c1-7(4-5-14)13-11(16)8-2-3-9(12)10(15)6-8/h2-3,6-7,14-15H,4-5H2,1H3,(H,13,16). The van der Waals surface area contributed by atoms with E-state index in [-0.39, 0.29) is 24.3 Å². The average molecular weight is 288 g/mol. The quantitative estimate of drug-likeness (QED) is 0.789. The van der Waals surface area contributed by atoms with Crippen LogP contribution in [0.1, 0.15) is 23.7 Å². The van der Waals surface area contributed by atoms with Crippen LogP contribution in [0.15, 0.2) is 22.7 Å². The van der Waals surface area contributed by atoms with Gasteiger partial charge in [0.25, 0.3) is 5.91 Å². The van der Waals surface area contributed by atoms with Gasteiger partial charge in [0.2, 0.25) is 0 Å². The lowest BCUT2D eigenvalue weighted by atomic mass is 10.1. The summed E-state index contributed by atoms with van der Waals surface area (Å²) < 4.78 is 0.549. The maximum Gasteiger partial charge on any atom is 0.251 e. The molecular formula is C11H14BrNO3. The average Bonchev–Trinajstić information content (AvgIpc) is 2.22. The van der Waals surface area contributed by atoms with Crippen LogP contribution in [0.4, 0.5) is 0 Å². The highest BCUT2D eigenvalue weighted by Gasteiger charge is 2.10. The van der Waals surface area contributed by atoms with E-state index in [1.807, 2.05) is 6.92 Å². The second kappa shape index (κ2) is 5.86. The fraction of sp³-hybridized carbons (Fsp3) is 0.364. The Morgan fingerprint density at radius 1 is 1.56 bits per heavy atom. The Balaban J connectivity index is 2.69. The van der Waals surface area contributed by atoms with E-state index >= 15 is 0 Å². The summed E-state index contributed by atoms with van der Waals surface area (Å²) in [5, 5.41) is 20.8. The van der Waals surface area contributed by atoms with Crippen LogP contribution in [0.25, 0.3) is 0 Å². The summed E-state index contributed by atoms with van der Waals surface area (Å²) >= 11 is 3.14. The van der Waals surface area contributed by atoms with E-state index in [1.165, 1.54) is 6.07 Å². The number of phenols is 1. The van der Waals surface area contributed by atoms with E-state index in [0.29, 0.717) is 16.5 Å². The first-order chi connectivity index (χ1) is 7.54. The van der Waals surface area contributed by atoms with Crippen LogP contribution in [-0.4, -0.2) is 28.8 Å². The van der Waals surface area contributed by atoms with Gasteiger partial charge in [-0.2, -0.15) is 0 Å². The second-order valence-corrected chi connectivity index (χ2v) is 4.41. The summed E-state index contributed by atoms with van der Waals surface area (Å²) in [6, 6.07) is 4.53. The molecule has 0 spiro atoms. The van der Waals surface area contributed by atoms with Crippen LogP contribution in [0.3, 0.4) is 0 Å². The first kappa shape index (κ1) is 13.0. The number of carbonyl (C=O) groups is 1. The molecule has 0 aliphatic rings. The van der Waals surface area contributed by atoms with Crippen LogP contribution >= 0.6 is 15.9 Å². The summed E-state index contributed by atoms with van der Waals surface area (Å²) in [7, 11) is 0. The van der Waals surface area contributed by atoms with Gasteiger partial charge < -0.3 is 15.5 Å². The third kappa shape index (κ3) is 3.50. The molecule has 0 aliphatic carbocycles. The third-order valence-electron chi connectivity index (χ3n) is 2.15. The number of benzene rings is 1. The normalized spacial score (nSPS) is 12.2. The first-order valence-corrected chi connectivity index (χ1v) is 5.74. The van der Waals surface area contributed by atoms with E-state index < -0.39 is 0 Å². The molecule has 16 heavy (non-hydrogen) atoms. The van der Waals surface area contributed by atoms with Crippen molar-refractivity contribution in [3.8, 4) is 5.75 Å². The molecule has 88 valence electrons. The van der Waals surface area contributed by atoms with Crippen molar-refractivity contribution in [2.24, 2.45) is 0 Å². The Bertz CT molecular complexity index is 381. The number of phenolic OH excluding ortho intramolecular Hbond substituents is 1. The molecule has 0 saturated heterocycles. The van der Waals surface area contributed by atoms with Gasteiger partial charge in [-0.3, -0.25) is 4.79 Å². The Morgan fingerprint density at radius 2 is 2.25 bits per heavy atom. The first-order valence-electron chi connectivity index (χ1n) is 4.95. The number of nitrogens with one attached hydrogen (secondary N) is 1. The van der Waals surface area contributed by atoms with Crippen molar-refractivity contribution in [2.75, 3.05) is 6.61 Å². The monoisotopic (exact) mass is 287 g/mol. The lowest BCUT2D eigenvalue weighted by Crippen LogP contribution is -2.33. The molecule has 1 atom stereocenters. The van der Waals surface area contributed by atoms with Crippen molar-refractivity contribution in [3.63, 3.8) is 0 Å². The van der Waals surface area contributed by atoms with Gasteiger partial charge in [-0.1, -0.05) is 0 Å². The molecule has 0 aliphatic heterocycles. The van der Waals surface area contributed by atoms with Gasteiger partial charge >= 0.3 is 0 Å². The van der Waals surface area contributed by atoms with E-state index in [0.717, 1.165) is 0 Å². The van der Waals surface area contributed by atoms with Gasteiger partial charge in [0.15, 0.2) is 0 Å². The maximum atomic E-state index is 11.7. The Kier molecular flexibility index (Phi) is 4.76. The summed E-state index contributed by atoms with van der Waals surface area (Å²) in [6.07, 6.45) is 0.508. The highest BCUT2D eigenvalue weighted by molar-refractivity contribution is 9.10. The molecule has 1 unspecified atom stereocenters. The molecule has 0 fully saturated rings. The molecule has 1 aromatic carbocycles. The van der Waals surface area contributed by atoms with Crippen LogP contribution in [0.5, 0.6) is 5.75 Å². The number of hydrogen-bond donors (Lipinski definition) is 3. The molecule has 4 nitrogen and oxygen atoms in total. The molecule has 0 heterocycles. The molecule has 1 amide bonds. The largest absolute Gasteiger partial charge is 0.507 e. The van der Waals surface area contributed by atoms with E-state index in [1.54, 1.807) is 12.1 Å². The van der Waals surface area contributed by atoms with Crippen LogP contribution in [0, 0.1) is 0 Å². The number of rotatable bonds is 4. The van der Waals surface area contributed by atoms with Crippen molar-refractivity contribution < 1.29 is 15.0 Å². The maximum absolute atomic E-state index is 11.7. The molecule has 3 N–H and O–H groups in total. The van der Waals surface area contributed by atoms with Crippen molar-refractivity contribution >= 4 is 21.8 Å². The van der Waals surface area contributed by atoms with Gasteiger partial charge in [-0.15, -0.1) is 0 Å². The van der Waals surface area contributed by atoms with Crippen LogP contribution in [-0.2, 0) is 0 Å². The van der Waals surface area contributed by atoms with Crippen LogP contribution < -0.4 is 5.32 Å². The molecule has 0 saturated carbocycles. The predicted molar refractivity (Wildman–Crippen MR) is 64.4 cm³/mol. The summed E-state index contributed by atoms with van der Waals surface area (Å²) in [6.45, 7) is 1.85. The van der Waals surface area contributed by atoms with Crippen LogP contribution in [0.2, 0.25) is 0 Å². The smallest absolute Gasteiger partial charge is 0.251 e. The number of hydrogen-bond acceptors (Lipinski definition) is 3. The summed E-state index contributed by atoms with van der Waals surface area (Å²) in [5.41, 5.74) is 0.394. The lowest BCUT2D eigenvalue weighted by Gasteiger charge is -2.12. The lowest BCUT2D eigenvalue weighted by molar-refractivity contribution is 0.0934. The molecular weight excluding hydrogens is 274 g/mol. The van der Waals surface area contributed by atoms with Gasteiger partial charge in [-0.25, -0.2) is 0 Å². The fourth-order valence-corrected chi connectivity index (χ4v) is 1.47. The van der Waals surface area contributed by atoms with Gasteiger partial charge in [0.1, 0.15) is 5.75 Å². The minimum absolute atomic E-state index is 0.0301. The van der Waals surface area contributed by atoms with Crippen molar-refractivity contribution in [1.29, 1.82) is 0 Å². The molecule has 0 aromatic heterocycles. The molecule has 5 heteroatoms. The minimum atomic E-state index is -0.260. The van der Waals surface area contributed by atoms with Crippen molar-refractivity contribution in [3.05, 3.63) is 28.2 Å². The van der Waals surface area contributed by atoms with Gasteiger partial charge in [-0.05, 0) is 47.5 Å². The van der Waals surface area contributed by atoms with E-state index in [2.05, 4.69) is 21.2 Å². The van der Waals surface area contributed by atoms with Crippen molar-refractivity contribution in [2.45, 2.75) is 19.4 Å².